The quantitative estimate of drug-likeness (QED) is 0.222. The summed E-state index contributed by atoms with van der Waals surface area (Å²) < 4.78 is 0. The summed E-state index contributed by atoms with van der Waals surface area (Å²) in [4.78, 5) is 8.62. The van der Waals surface area contributed by atoms with Gasteiger partial charge in [0.05, 0.1) is 25.8 Å². The lowest BCUT2D eigenvalue weighted by Crippen LogP contribution is -2.16. The molecule has 4 aromatic rings. The molecule has 2 aliphatic rings. The number of benzene rings is 4. The van der Waals surface area contributed by atoms with E-state index in [2.05, 4.69) is 69.1 Å². The van der Waals surface area contributed by atoms with E-state index in [0.29, 0.717) is 13.1 Å². The van der Waals surface area contributed by atoms with Crippen molar-refractivity contribution >= 4 is 59.1 Å². The largest absolute Gasteiger partial charge is 0.353 e. The van der Waals surface area contributed by atoms with Crippen molar-refractivity contribution < 1.29 is 0 Å². The standard InChI is InChI=1S/2C17H14Cl2N2/c2*18-15-5-1-12(2-6-15)17(14-9-20-11-21-10-14)13-3-7-16(19)8-4-13/h2*1-9,11,17H,10H2,(H,20,21). The minimum Gasteiger partial charge on any atom is -0.353 e. The smallest absolute Gasteiger partial charge is 0.0867 e. The zero-order valence-corrected chi connectivity index (χ0v) is 25.5. The van der Waals surface area contributed by atoms with Gasteiger partial charge >= 0.3 is 0 Å². The molecule has 0 amide bonds. The summed E-state index contributed by atoms with van der Waals surface area (Å²) in [6.45, 7) is 1.37. The lowest BCUT2D eigenvalue weighted by atomic mass is 9.85. The zero-order valence-electron chi connectivity index (χ0n) is 22.5. The van der Waals surface area contributed by atoms with Crippen LogP contribution >= 0.6 is 46.4 Å². The van der Waals surface area contributed by atoms with E-state index in [1.54, 1.807) is 12.7 Å². The van der Waals surface area contributed by atoms with Crippen molar-refractivity contribution in [3.63, 3.8) is 0 Å². The highest BCUT2D eigenvalue weighted by Gasteiger charge is 2.21. The second-order valence-corrected chi connectivity index (χ2v) is 11.5. The minimum absolute atomic E-state index is 0.143. The molecule has 2 aliphatic heterocycles. The van der Waals surface area contributed by atoms with Gasteiger partial charge in [0.25, 0.3) is 0 Å². The first-order valence-electron chi connectivity index (χ1n) is 13.4. The summed E-state index contributed by atoms with van der Waals surface area (Å²) in [6.07, 6.45) is 7.45. The Morgan fingerprint density at radius 3 is 0.905 bits per heavy atom. The number of hydrogen-bond acceptors (Lipinski definition) is 4. The van der Waals surface area contributed by atoms with Crippen LogP contribution in [0, 0.1) is 0 Å². The number of hydrogen-bond donors (Lipinski definition) is 2. The Morgan fingerprint density at radius 2 is 0.690 bits per heavy atom. The molecule has 0 atom stereocenters. The summed E-state index contributed by atoms with van der Waals surface area (Å²) >= 11 is 24.0. The third kappa shape index (κ3) is 7.84. The Morgan fingerprint density at radius 1 is 0.429 bits per heavy atom. The van der Waals surface area contributed by atoms with Crippen LogP contribution in [0.5, 0.6) is 0 Å². The molecule has 4 aromatic carbocycles. The van der Waals surface area contributed by atoms with Gasteiger partial charge in [0.2, 0.25) is 0 Å². The fourth-order valence-electron chi connectivity index (χ4n) is 5.00. The number of nitrogens with zero attached hydrogens (tertiary/aromatic N) is 2. The minimum atomic E-state index is 0.143. The van der Waals surface area contributed by atoms with Crippen LogP contribution in [-0.2, 0) is 0 Å². The molecule has 0 spiro atoms. The molecular formula is C34H28Cl4N4. The first-order chi connectivity index (χ1) is 20.5. The second-order valence-electron chi connectivity index (χ2n) is 9.78. The predicted molar refractivity (Wildman–Crippen MR) is 179 cm³/mol. The topological polar surface area (TPSA) is 48.8 Å². The van der Waals surface area contributed by atoms with E-state index >= 15 is 0 Å². The molecule has 0 aromatic heterocycles. The van der Waals surface area contributed by atoms with Gasteiger partial charge in [0.15, 0.2) is 0 Å². The molecule has 6 rings (SSSR count). The van der Waals surface area contributed by atoms with Crippen molar-refractivity contribution in [2.75, 3.05) is 13.1 Å². The Labute approximate surface area is 266 Å². The molecule has 0 saturated carbocycles. The second kappa shape index (κ2) is 14.6. The van der Waals surface area contributed by atoms with Gasteiger partial charge in [-0.05, 0) is 81.9 Å². The maximum absolute atomic E-state index is 6.00. The normalized spacial score (nSPS) is 14.0. The maximum atomic E-state index is 6.00. The van der Waals surface area contributed by atoms with Crippen LogP contribution in [0.15, 0.2) is 131 Å². The van der Waals surface area contributed by atoms with Crippen molar-refractivity contribution in [3.05, 3.63) is 163 Å². The molecule has 2 heterocycles. The lowest BCUT2D eigenvalue weighted by molar-refractivity contribution is 0.873. The number of rotatable bonds is 6. The van der Waals surface area contributed by atoms with E-state index in [1.807, 2.05) is 60.9 Å². The highest BCUT2D eigenvalue weighted by molar-refractivity contribution is 6.31. The summed E-state index contributed by atoms with van der Waals surface area (Å²) in [6, 6.07) is 31.8. The van der Waals surface area contributed by atoms with Crippen LogP contribution in [0.1, 0.15) is 34.1 Å². The van der Waals surface area contributed by atoms with Crippen LogP contribution in [0.4, 0.5) is 0 Å². The highest BCUT2D eigenvalue weighted by atomic mass is 35.5. The molecule has 4 nitrogen and oxygen atoms in total. The molecule has 0 bridgehead atoms. The van der Waals surface area contributed by atoms with Crippen molar-refractivity contribution in [1.29, 1.82) is 0 Å². The SMILES string of the molecule is Clc1ccc(C(C2=CNC=NC2)c2ccc(Cl)cc2)cc1.Clc1ccc(C(C2=CNC=NC2)c2ccc(Cl)cc2)cc1. The van der Waals surface area contributed by atoms with Gasteiger partial charge in [0, 0.05) is 44.3 Å². The molecule has 2 N–H and O–H groups in total. The summed E-state index contributed by atoms with van der Waals surface area (Å²) in [5.74, 6) is 0.286. The fourth-order valence-corrected chi connectivity index (χ4v) is 5.50. The first-order valence-corrected chi connectivity index (χ1v) is 14.9. The van der Waals surface area contributed by atoms with Crippen LogP contribution in [0.3, 0.4) is 0 Å². The molecular weight excluding hydrogens is 606 g/mol. The van der Waals surface area contributed by atoms with Gasteiger partial charge in [-0.1, -0.05) is 94.9 Å². The molecule has 0 saturated heterocycles. The van der Waals surface area contributed by atoms with Crippen LogP contribution in [0.2, 0.25) is 20.1 Å². The van der Waals surface area contributed by atoms with E-state index < -0.39 is 0 Å². The van der Waals surface area contributed by atoms with E-state index in [-0.39, 0.29) is 11.8 Å². The van der Waals surface area contributed by atoms with Crippen molar-refractivity contribution in [1.82, 2.24) is 10.6 Å². The summed E-state index contributed by atoms with van der Waals surface area (Å²) in [7, 11) is 0. The number of nitrogens with one attached hydrogen (secondary N) is 2. The van der Waals surface area contributed by atoms with Crippen LogP contribution < -0.4 is 10.6 Å². The highest BCUT2D eigenvalue weighted by Crippen LogP contribution is 2.35. The monoisotopic (exact) mass is 632 g/mol. The van der Waals surface area contributed by atoms with Gasteiger partial charge in [-0.25, -0.2) is 0 Å². The van der Waals surface area contributed by atoms with Gasteiger partial charge in [0.1, 0.15) is 0 Å². The van der Waals surface area contributed by atoms with Crippen LogP contribution in [-0.4, -0.2) is 25.8 Å². The molecule has 0 aliphatic carbocycles. The first kappa shape index (κ1) is 29.9. The van der Waals surface area contributed by atoms with E-state index in [9.17, 15) is 0 Å². The molecule has 0 unspecified atom stereocenters. The Bertz CT molecular complexity index is 1380. The Hall–Kier alpha value is -3.54. The zero-order chi connectivity index (χ0) is 29.3. The van der Waals surface area contributed by atoms with Gasteiger partial charge in [-0.15, -0.1) is 0 Å². The summed E-state index contributed by atoms with van der Waals surface area (Å²) in [5.41, 5.74) is 7.17. The average molecular weight is 634 g/mol. The third-order valence-corrected chi connectivity index (χ3v) is 7.98. The molecule has 42 heavy (non-hydrogen) atoms. The average Bonchev–Trinajstić information content (AvgIpc) is 3.03. The molecule has 212 valence electrons. The molecule has 0 fully saturated rings. The number of aliphatic imine (C=N–C) groups is 2. The van der Waals surface area contributed by atoms with E-state index in [1.165, 1.54) is 33.4 Å². The van der Waals surface area contributed by atoms with E-state index in [4.69, 9.17) is 46.4 Å². The molecule has 8 heteroatoms. The fraction of sp³-hybridized carbons (Fsp3) is 0.118. The molecule has 0 radical (unpaired) electrons. The lowest BCUT2D eigenvalue weighted by Gasteiger charge is -2.22. The predicted octanol–water partition coefficient (Wildman–Crippen LogP) is 9.28. The van der Waals surface area contributed by atoms with E-state index in [0.717, 1.165) is 20.1 Å². The van der Waals surface area contributed by atoms with Crippen molar-refractivity contribution in [3.8, 4) is 0 Å². The third-order valence-electron chi connectivity index (χ3n) is 6.97. The van der Waals surface area contributed by atoms with Gasteiger partial charge in [-0.3, -0.25) is 9.98 Å². The Balaban J connectivity index is 0.000000168. The maximum Gasteiger partial charge on any atom is 0.0867 e. The van der Waals surface area contributed by atoms with Gasteiger partial charge < -0.3 is 10.6 Å². The van der Waals surface area contributed by atoms with Gasteiger partial charge in [-0.2, -0.15) is 0 Å². The Kier molecular flexibility index (Phi) is 10.4. The van der Waals surface area contributed by atoms with Crippen molar-refractivity contribution in [2.45, 2.75) is 11.8 Å². The van der Waals surface area contributed by atoms with Crippen molar-refractivity contribution in [2.24, 2.45) is 9.98 Å². The van der Waals surface area contributed by atoms with Crippen LogP contribution in [0.25, 0.3) is 0 Å². The summed E-state index contributed by atoms with van der Waals surface area (Å²) in [5, 5.41) is 9.10. The number of halogens is 4.